The number of ketones is 1. The molecule has 0 aromatic heterocycles. The lowest BCUT2D eigenvalue weighted by Crippen LogP contribution is -2.10. The molecular weight excluding hydrogens is 408 g/mol. The third kappa shape index (κ3) is 3.62. The van der Waals surface area contributed by atoms with Crippen molar-refractivity contribution in [1.29, 1.82) is 0 Å². The number of methoxy groups -OCH3 is 5. The second kappa shape index (κ2) is 8.83. The Morgan fingerprint density at radius 3 is 1.88 bits per heavy atom. The van der Waals surface area contributed by atoms with Gasteiger partial charge in [0.2, 0.25) is 0 Å². The molecule has 0 aliphatic heterocycles. The number of carbonyl (C=O) groups is 1. The zero-order chi connectivity index (χ0) is 22.8. The Labute approximate surface area is 187 Å². The van der Waals surface area contributed by atoms with Crippen LogP contribution in [0.15, 0.2) is 48.5 Å². The number of benzene rings is 3. The summed E-state index contributed by atoms with van der Waals surface area (Å²) in [5.74, 6) is 2.76. The topological polar surface area (TPSA) is 63.2 Å². The van der Waals surface area contributed by atoms with Gasteiger partial charge in [0.15, 0.2) is 5.78 Å². The van der Waals surface area contributed by atoms with Gasteiger partial charge in [0.05, 0.1) is 41.1 Å². The maximum absolute atomic E-state index is 13.9. The summed E-state index contributed by atoms with van der Waals surface area (Å²) in [6.07, 6.45) is 0.566. The third-order valence-electron chi connectivity index (χ3n) is 5.95. The molecule has 6 nitrogen and oxygen atoms in total. The van der Waals surface area contributed by atoms with E-state index in [1.807, 2.05) is 36.4 Å². The summed E-state index contributed by atoms with van der Waals surface area (Å²) in [5.41, 5.74) is 3.77. The smallest absolute Gasteiger partial charge is 0.197 e. The van der Waals surface area contributed by atoms with Crippen LogP contribution in [-0.2, 0) is 6.42 Å². The zero-order valence-electron chi connectivity index (χ0n) is 18.9. The van der Waals surface area contributed by atoms with Gasteiger partial charge in [0.1, 0.15) is 28.7 Å². The van der Waals surface area contributed by atoms with Gasteiger partial charge in [0, 0.05) is 29.2 Å². The van der Waals surface area contributed by atoms with Gasteiger partial charge < -0.3 is 23.7 Å². The minimum absolute atomic E-state index is 0.136. The molecule has 0 fully saturated rings. The van der Waals surface area contributed by atoms with Crippen LogP contribution in [0.3, 0.4) is 0 Å². The molecular formula is C26H26O6. The van der Waals surface area contributed by atoms with E-state index in [9.17, 15) is 4.79 Å². The van der Waals surface area contributed by atoms with E-state index in [-0.39, 0.29) is 11.7 Å². The van der Waals surface area contributed by atoms with Crippen LogP contribution < -0.4 is 23.7 Å². The monoisotopic (exact) mass is 434 g/mol. The van der Waals surface area contributed by atoms with Crippen molar-refractivity contribution < 1.29 is 28.5 Å². The average molecular weight is 434 g/mol. The number of carbonyl (C=O) groups excluding carboxylic acids is 1. The lowest BCUT2D eigenvalue weighted by atomic mass is 9.84. The zero-order valence-corrected chi connectivity index (χ0v) is 18.9. The lowest BCUT2D eigenvalue weighted by molar-refractivity contribution is 0.103. The van der Waals surface area contributed by atoms with E-state index in [1.54, 1.807) is 47.7 Å². The minimum atomic E-state index is -0.140. The molecule has 4 rings (SSSR count). The number of hydrogen-bond acceptors (Lipinski definition) is 6. The van der Waals surface area contributed by atoms with E-state index in [1.165, 1.54) is 0 Å². The first-order valence-electron chi connectivity index (χ1n) is 10.2. The fourth-order valence-electron chi connectivity index (χ4n) is 4.36. The highest BCUT2D eigenvalue weighted by molar-refractivity contribution is 6.14. The molecule has 0 N–H and O–H groups in total. The molecule has 0 spiro atoms. The summed E-state index contributed by atoms with van der Waals surface area (Å²) in [4.78, 5) is 13.9. The van der Waals surface area contributed by atoms with Crippen molar-refractivity contribution in [3.63, 3.8) is 0 Å². The average Bonchev–Trinajstić information content (AvgIpc) is 2.97. The second-order valence-electron chi connectivity index (χ2n) is 7.51. The summed E-state index contributed by atoms with van der Waals surface area (Å²) in [7, 11) is 7.97. The maximum Gasteiger partial charge on any atom is 0.197 e. The Balaban J connectivity index is 2.03. The van der Waals surface area contributed by atoms with Crippen molar-refractivity contribution in [2.45, 2.75) is 12.3 Å². The number of ether oxygens (including phenoxy) is 5. The molecule has 0 unspecified atom stereocenters. The first-order chi connectivity index (χ1) is 15.5. The molecule has 0 heterocycles. The molecule has 1 aliphatic carbocycles. The second-order valence-corrected chi connectivity index (χ2v) is 7.51. The predicted octanol–water partition coefficient (Wildman–Crippen LogP) is 4.65. The van der Waals surface area contributed by atoms with Gasteiger partial charge in [-0.25, -0.2) is 0 Å². The van der Waals surface area contributed by atoms with Crippen LogP contribution in [0, 0.1) is 0 Å². The van der Waals surface area contributed by atoms with Crippen LogP contribution in [0.1, 0.15) is 38.5 Å². The normalized spacial score (nSPS) is 14.7. The van der Waals surface area contributed by atoms with E-state index in [0.717, 1.165) is 22.4 Å². The lowest BCUT2D eigenvalue weighted by Gasteiger charge is -2.22. The van der Waals surface area contributed by atoms with Crippen LogP contribution in [0.5, 0.6) is 28.7 Å². The summed E-state index contributed by atoms with van der Waals surface area (Å²) in [6.45, 7) is 0. The highest BCUT2D eigenvalue weighted by Crippen LogP contribution is 2.45. The molecule has 6 heteroatoms. The molecule has 0 saturated carbocycles. The van der Waals surface area contributed by atoms with Crippen molar-refractivity contribution in [3.8, 4) is 28.7 Å². The van der Waals surface area contributed by atoms with Crippen LogP contribution in [0.25, 0.3) is 0 Å². The number of rotatable bonds is 6. The van der Waals surface area contributed by atoms with Gasteiger partial charge in [-0.05, 0) is 41.8 Å². The molecule has 0 radical (unpaired) electrons. The van der Waals surface area contributed by atoms with Gasteiger partial charge in [-0.2, -0.15) is 0 Å². The molecule has 0 bridgehead atoms. The Morgan fingerprint density at radius 2 is 1.28 bits per heavy atom. The molecule has 1 aliphatic rings. The standard InChI is InChI=1S/C26H26O6/c1-28-17-8-6-15(7-9-17)20-11-16-10-18(29-2)13-22(31-4)24(16)26(27)21-12-19(30-3)14-23(32-5)25(20)21/h6-10,12-14,20H,11H2,1-5H3/t20-/m1/s1. The fourth-order valence-corrected chi connectivity index (χ4v) is 4.36. The third-order valence-corrected chi connectivity index (χ3v) is 5.95. The summed E-state index contributed by atoms with van der Waals surface area (Å²) in [6, 6.07) is 15.1. The summed E-state index contributed by atoms with van der Waals surface area (Å²) >= 11 is 0. The van der Waals surface area contributed by atoms with Crippen LogP contribution >= 0.6 is 0 Å². The highest BCUT2D eigenvalue weighted by atomic mass is 16.5. The number of hydrogen-bond donors (Lipinski definition) is 0. The Morgan fingerprint density at radius 1 is 0.688 bits per heavy atom. The molecule has 32 heavy (non-hydrogen) atoms. The Hall–Kier alpha value is -3.67. The van der Waals surface area contributed by atoms with E-state index in [2.05, 4.69) is 0 Å². The Bertz CT molecular complexity index is 1150. The van der Waals surface area contributed by atoms with Gasteiger partial charge in [-0.15, -0.1) is 0 Å². The van der Waals surface area contributed by atoms with E-state index in [4.69, 9.17) is 23.7 Å². The SMILES string of the molecule is COc1ccc([C@H]2Cc3cc(OC)cc(OC)c3C(=O)c3cc(OC)cc(OC)c32)cc1. The van der Waals surface area contributed by atoms with Gasteiger partial charge in [0.25, 0.3) is 0 Å². The van der Waals surface area contributed by atoms with E-state index in [0.29, 0.717) is 40.5 Å². The predicted molar refractivity (Wildman–Crippen MR) is 121 cm³/mol. The Kier molecular flexibility index (Phi) is 5.95. The van der Waals surface area contributed by atoms with E-state index >= 15 is 0 Å². The van der Waals surface area contributed by atoms with E-state index < -0.39 is 0 Å². The van der Waals surface area contributed by atoms with Gasteiger partial charge >= 0.3 is 0 Å². The maximum atomic E-state index is 13.9. The highest BCUT2D eigenvalue weighted by Gasteiger charge is 2.34. The van der Waals surface area contributed by atoms with Gasteiger partial charge in [-0.3, -0.25) is 4.79 Å². The molecule has 166 valence electrons. The van der Waals surface area contributed by atoms with Crippen molar-refractivity contribution in [1.82, 2.24) is 0 Å². The molecule has 0 amide bonds. The first-order valence-corrected chi connectivity index (χ1v) is 10.2. The van der Waals surface area contributed by atoms with Crippen molar-refractivity contribution in [3.05, 3.63) is 76.3 Å². The minimum Gasteiger partial charge on any atom is -0.497 e. The molecule has 3 aromatic rings. The van der Waals surface area contributed by atoms with Crippen LogP contribution in [-0.4, -0.2) is 41.3 Å². The fraction of sp³-hybridized carbons (Fsp3) is 0.269. The molecule has 0 saturated heterocycles. The largest absolute Gasteiger partial charge is 0.497 e. The summed E-state index contributed by atoms with van der Waals surface area (Å²) in [5, 5.41) is 0. The quantitative estimate of drug-likeness (QED) is 0.563. The van der Waals surface area contributed by atoms with Gasteiger partial charge in [-0.1, -0.05) is 12.1 Å². The molecule has 3 aromatic carbocycles. The van der Waals surface area contributed by atoms with Crippen molar-refractivity contribution >= 4 is 5.78 Å². The van der Waals surface area contributed by atoms with Crippen molar-refractivity contribution in [2.24, 2.45) is 0 Å². The summed E-state index contributed by atoms with van der Waals surface area (Å²) < 4.78 is 27.6. The van der Waals surface area contributed by atoms with Crippen molar-refractivity contribution in [2.75, 3.05) is 35.5 Å². The number of fused-ring (bicyclic) bond motifs is 2. The van der Waals surface area contributed by atoms with Crippen LogP contribution in [0.2, 0.25) is 0 Å². The molecule has 1 atom stereocenters. The van der Waals surface area contributed by atoms with Crippen LogP contribution in [0.4, 0.5) is 0 Å². The first kappa shape index (κ1) is 21.6.